The number of aliphatic hydroxyl groups is 1. The Balaban J connectivity index is 2.79. The van der Waals surface area contributed by atoms with E-state index in [9.17, 15) is 9.59 Å². The van der Waals surface area contributed by atoms with E-state index in [1.165, 1.54) is 18.7 Å². The number of ketones is 1. The zero-order chi connectivity index (χ0) is 10.9. The first-order chi connectivity index (χ1) is 6.45. The second-order valence-corrected chi connectivity index (χ2v) is 4.03. The van der Waals surface area contributed by atoms with E-state index < -0.39 is 6.10 Å². The highest BCUT2D eigenvalue weighted by Crippen LogP contribution is 2.25. The molecular formula is C10H17NO3. The van der Waals surface area contributed by atoms with Crippen molar-refractivity contribution in [1.29, 1.82) is 0 Å². The number of rotatable bonds is 2. The zero-order valence-electron chi connectivity index (χ0n) is 8.86. The van der Waals surface area contributed by atoms with Crippen LogP contribution in [0, 0.1) is 5.92 Å². The van der Waals surface area contributed by atoms with Crippen molar-refractivity contribution in [2.75, 3.05) is 6.54 Å². The van der Waals surface area contributed by atoms with Gasteiger partial charge < -0.3 is 10.0 Å². The van der Waals surface area contributed by atoms with Crippen LogP contribution in [0.4, 0.5) is 0 Å². The van der Waals surface area contributed by atoms with Crippen LogP contribution in [-0.2, 0) is 9.59 Å². The molecular weight excluding hydrogens is 182 g/mol. The molecule has 1 heterocycles. The Hall–Kier alpha value is -0.900. The standard InChI is InChI=1S/C10H17NO3/c1-6-4-5-11(9(6)7(2)12)10(14)8(3)13/h6,8-9,13H,4-5H2,1-3H3/t6-,8+,9+/m1/s1. The molecule has 1 aliphatic heterocycles. The molecule has 0 radical (unpaired) electrons. The first kappa shape index (κ1) is 11.2. The first-order valence-electron chi connectivity index (χ1n) is 4.94. The number of likely N-dealkylation sites (tertiary alicyclic amines) is 1. The summed E-state index contributed by atoms with van der Waals surface area (Å²) in [6.45, 7) is 5.47. The number of carbonyl (C=O) groups is 2. The van der Waals surface area contributed by atoms with Crippen LogP contribution in [0.25, 0.3) is 0 Å². The van der Waals surface area contributed by atoms with E-state index in [0.717, 1.165) is 6.42 Å². The molecule has 0 spiro atoms. The summed E-state index contributed by atoms with van der Waals surface area (Å²) >= 11 is 0. The van der Waals surface area contributed by atoms with Crippen LogP contribution in [0.5, 0.6) is 0 Å². The molecule has 3 atom stereocenters. The highest BCUT2D eigenvalue weighted by Gasteiger charge is 2.38. The van der Waals surface area contributed by atoms with Gasteiger partial charge in [0.25, 0.3) is 5.91 Å². The van der Waals surface area contributed by atoms with Gasteiger partial charge in [0, 0.05) is 6.54 Å². The normalized spacial score (nSPS) is 29.0. The van der Waals surface area contributed by atoms with Gasteiger partial charge in [-0.2, -0.15) is 0 Å². The summed E-state index contributed by atoms with van der Waals surface area (Å²) in [6.07, 6.45) is -0.176. The third-order valence-electron chi connectivity index (χ3n) is 2.76. The summed E-state index contributed by atoms with van der Waals surface area (Å²) < 4.78 is 0. The van der Waals surface area contributed by atoms with E-state index in [0.29, 0.717) is 6.54 Å². The number of hydrogen-bond acceptors (Lipinski definition) is 3. The van der Waals surface area contributed by atoms with Gasteiger partial charge in [-0.05, 0) is 26.2 Å². The Morgan fingerprint density at radius 2 is 2.07 bits per heavy atom. The molecule has 0 aliphatic carbocycles. The average Bonchev–Trinajstić information content (AvgIpc) is 2.45. The van der Waals surface area contributed by atoms with Gasteiger partial charge in [0.15, 0.2) is 5.78 Å². The lowest BCUT2D eigenvalue weighted by atomic mass is 10.00. The number of carbonyl (C=O) groups excluding carboxylic acids is 2. The first-order valence-corrected chi connectivity index (χ1v) is 4.94. The topological polar surface area (TPSA) is 57.6 Å². The van der Waals surface area contributed by atoms with E-state index in [2.05, 4.69) is 0 Å². The van der Waals surface area contributed by atoms with Crippen LogP contribution in [-0.4, -0.2) is 40.4 Å². The smallest absolute Gasteiger partial charge is 0.251 e. The summed E-state index contributed by atoms with van der Waals surface area (Å²) in [4.78, 5) is 24.3. The monoisotopic (exact) mass is 199 g/mol. The molecule has 14 heavy (non-hydrogen) atoms. The Bertz CT molecular complexity index is 250. The van der Waals surface area contributed by atoms with E-state index in [4.69, 9.17) is 5.11 Å². The minimum absolute atomic E-state index is 0.00370. The summed E-state index contributed by atoms with van der Waals surface area (Å²) in [6, 6.07) is -0.336. The molecule has 0 unspecified atom stereocenters. The number of amides is 1. The lowest BCUT2D eigenvalue weighted by molar-refractivity contribution is -0.144. The SMILES string of the molecule is CC(=O)[C@@H]1[C@H](C)CCN1C(=O)[C@H](C)O. The second-order valence-electron chi connectivity index (χ2n) is 4.03. The van der Waals surface area contributed by atoms with Gasteiger partial charge in [-0.15, -0.1) is 0 Å². The van der Waals surface area contributed by atoms with E-state index >= 15 is 0 Å². The number of aliphatic hydroxyl groups excluding tert-OH is 1. The molecule has 1 amide bonds. The highest BCUT2D eigenvalue weighted by atomic mass is 16.3. The van der Waals surface area contributed by atoms with Gasteiger partial charge in [-0.3, -0.25) is 9.59 Å². The summed E-state index contributed by atoms with van der Waals surface area (Å²) in [5.41, 5.74) is 0. The van der Waals surface area contributed by atoms with Crippen molar-refractivity contribution in [3.8, 4) is 0 Å². The van der Waals surface area contributed by atoms with Crippen molar-refractivity contribution < 1.29 is 14.7 Å². The maximum absolute atomic E-state index is 11.5. The fourth-order valence-electron chi connectivity index (χ4n) is 2.05. The van der Waals surface area contributed by atoms with Gasteiger partial charge in [-0.1, -0.05) is 6.92 Å². The Morgan fingerprint density at radius 3 is 2.50 bits per heavy atom. The molecule has 0 aromatic heterocycles. The van der Waals surface area contributed by atoms with E-state index in [1.807, 2.05) is 6.92 Å². The third-order valence-corrected chi connectivity index (χ3v) is 2.76. The van der Waals surface area contributed by atoms with Crippen LogP contribution < -0.4 is 0 Å². The molecule has 0 bridgehead atoms. The van der Waals surface area contributed by atoms with Gasteiger partial charge in [-0.25, -0.2) is 0 Å². The molecule has 4 nitrogen and oxygen atoms in total. The maximum atomic E-state index is 11.5. The van der Waals surface area contributed by atoms with Gasteiger partial charge in [0.05, 0.1) is 6.04 Å². The van der Waals surface area contributed by atoms with Crippen molar-refractivity contribution >= 4 is 11.7 Å². The van der Waals surface area contributed by atoms with E-state index in [-0.39, 0.29) is 23.7 Å². The molecule has 0 aromatic carbocycles. The second kappa shape index (κ2) is 4.09. The quantitative estimate of drug-likeness (QED) is 0.691. The fraction of sp³-hybridized carbons (Fsp3) is 0.800. The lowest BCUT2D eigenvalue weighted by Gasteiger charge is -2.25. The molecule has 1 aliphatic rings. The van der Waals surface area contributed by atoms with Crippen LogP contribution in [0.15, 0.2) is 0 Å². The number of Topliss-reactive ketones (excluding diaryl/α,β-unsaturated/α-hetero) is 1. The van der Waals surface area contributed by atoms with Gasteiger partial charge in [0.2, 0.25) is 0 Å². The Labute approximate surface area is 83.9 Å². The maximum Gasteiger partial charge on any atom is 0.251 e. The molecule has 80 valence electrons. The van der Waals surface area contributed by atoms with Crippen LogP contribution in [0.1, 0.15) is 27.2 Å². The third kappa shape index (κ3) is 1.95. The van der Waals surface area contributed by atoms with Crippen molar-refractivity contribution in [3.05, 3.63) is 0 Å². The van der Waals surface area contributed by atoms with Crippen LogP contribution in [0.3, 0.4) is 0 Å². The Morgan fingerprint density at radius 1 is 1.50 bits per heavy atom. The Kier molecular flexibility index (Phi) is 3.26. The average molecular weight is 199 g/mol. The molecule has 1 rings (SSSR count). The molecule has 0 saturated carbocycles. The van der Waals surface area contributed by atoms with E-state index in [1.54, 1.807) is 0 Å². The predicted octanol–water partition coefficient (Wildman–Crippen LogP) is 0.193. The molecule has 4 heteroatoms. The number of nitrogens with zero attached hydrogens (tertiary/aromatic N) is 1. The zero-order valence-corrected chi connectivity index (χ0v) is 8.86. The lowest BCUT2D eigenvalue weighted by Crippen LogP contribution is -2.45. The number of hydrogen-bond donors (Lipinski definition) is 1. The van der Waals surface area contributed by atoms with Crippen molar-refractivity contribution in [2.45, 2.75) is 39.3 Å². The summed E-state index contributed by atoms with van der Waals surface area (Å²) in [5, 5.41) is 9.16. The van der Waals surface area contributed by atoms with Crippen molar-refractivity contribution in [2.24, 2.45) is 5.92 Å². The molecule has 1 fully saturated rings. The largest absolute Gasteiger partial charge is 0.384 e. The molecule has 1 saturated heterocycles. The minimum atomic E-state index is -1.01. The highest BCUT2D eigenvalue weighted by molar-refractivity contribution is 5.89. The van der Waals surface area contributed by atoms with Crippen LogP contribution >= 0.6 is 0 Å². The van der Waals surface area contributed by atoms with Gasteiger partial charge in [0.1, 0.15) is 6.10 Å². The van der Waals surface area contributed by atoms with Crippen molar-refractivity contribution in [3.63, 3.8) is 0 Å². The van der Waals surface area contributed by atoms with Gasteiger partial charge >= 0.3 is 0 Å². The van der Waals surface area contributed by atoms with Crippen LogP contribution in [0.2, 0.25) is 0 Å². The minimum Gasteiger partial charge on any atom is -0.384 e. The summed E-state index contributed by atoms with van der Waals surface area (Å²) in [5.74, 6) is -0.131. The molecule has 0 aromatic rings. The summed E-state index contributed by atoms with van der Waals surface area (Å²) in [7, 11) is 0. The molecule has 1 N–H and O–H groups in total. The van der Waals surface area contributed by atoms with Crippen molar-refractivity contribution in [1.82, 2.24) is 4.90 Å². The predicted molar refractivity (Wildman–Crippen MR) is 51.6 cm³/mol. The fourth-order valence-corrected chi connectivity index (χ4v) is 2.05.